The molecule has 1 saturated carbocycles. The Morgan fingerprint density at radius 1 is 1.17 bits per heavy atom. The Kier molecular flexibility index (Phi) is 4.18. The van der Waals surface area contributed by atoms with E-state index >= 15 is 0 Å². The number of amides is 1. The van der Waals surface area contributed by atoms with Crippen LogP contribution in [0.2, 0.25) is 0 Å². The number of fused-ring (bicyclic) bond motifs is 1. The quantitative estimate of drug-likeness (QED) is 0.891. The molecule has 1 saturated heterocycles. The Morgan fingerprint density at radius 3 is 2.38 bits per heavy atom. The van der Waals surface area contributed by atoms with E-state index in [4.69, 9.17) is 0 Å². The number of carboxylic acids is 1. The molecule has 24 heavy (non-hydrogen) atoms. The van der Waals surface area contributed by atoms with Crippen LogP contribution in [-0.4, -0.2) is 43.9 Å². The topological polar surface area (TPSA) is 83.4 Å². The predicted molar refractivity (Wildman–Crippen MR) is 75.0 cm³/mol. The van der Waals surface area contributed by atoms with Crippen molar-refractivity contribution in [3.05, 3.63) is 23.8 Å². The molecule has 2 fully saturated rings. The van der Waals surface area contributed by atoms with Gasteiger partial charge < -0.3 is 10.0 Å². The van der Waals surface area contributed by atoms with E-state index in [1.807, 2.05) is 0 Å². The van der Waals surface area contributed by atoms with Crippen LogP contribution in [0.5, 0.6) is 0 Å². The maximum Gasteiger partial charge on any atom is 0.451 e. The van der Waals surface area contributed by atoms with E-state index in [0.717, 1.165) is 31.7 Å². The minimum atomic E-state index is -4.69. The third kappa shape index (κ3) is 2.94. The Morgan fingerprint density at radius 2 is 1.79 bits per heavy atom. The van der Waals surface area contributed by atoms with Crippen LogP contribution in [0.15, 0.2) is 12.4 Å². The highest BCUT2D eigenvalue weighted by Gasteiger charge is 2.48. The summed E-state index contributed by atoms with van der Waals surface area (Å²) in [4.78, 5) is 31.9. The molecule has 2 aliphatic rings. The Labute approximate surface area is 135 Å². The van der Waals surface area contributed by atoms with Crippen LogP contribution in [0, 0.1) is 5.92 Å². The van der Waals surface area contributed by atoms with E-state index in [1.165, 1.54) is 4.90 Å². The number of rotatable bonds is 2. The van der Waals surface area contributed by atoms with E-state index in [1.54, 1.807) is 0 Å². The van der Waals surface area contributed by atoms with Crippen molar-refractivity contribution in [2.24, 2.45) is 5.92 Å². The van der Waals surface area contributed by atoms with Crippen LogP contribution < -0.4 is 0 Å². The van der Waals surface area contributed by atoms with Crippen molar-refractivity contribution in [2.75, 3.05) is 0 Å². The second-order valence-corrected chi connectivity index (χ2v) is 6.21. The predicted octanol–water partition coefficient (Wildman–Crippen LogP) is 2.35. The molecule has 3 atom stereocenters. The monoisotopic (exact) mass is 343 g/mol. The zero-order valence-electron chi connectivity index (χ0n) is 12.7. The fraction of sp³-hybridized carbons (Fsp3) is 0.600. The van der Waals surface area contributed by atoms with E-state index in [-0.39, 0.29) is 17.5 Å². The summed E-state index contributed by atoms with van der Waals surface area (Å²) in [7, 11) is 0. The van der Waals surface area contributed by atoms with Crippen molar-refractivity contribution in [1.29, 1.82) is 0 Å². The largest absolute Gasteiger partial charge is 0.480 e. The van der Waals surface area contributed by atoms with Gasteiger partial charge in [-0.3, -0.25) is 4.79 Å². The number of aromatic nitrogens is 2. The van der Waals surface area contributed by atoms with Crippen LogP contribution in [0.4, 0.5) is 13.2 Å². The summed E-state index contributed by atoms with van der Waals surface area (Å²) in [6.07, 6.45) is 0.796. The summed E-state index contributed by atoms with van der Waals surface area (Å²) < 4.78 is 37.5. The van der Waals surface area contributed by atoms with E-state index < -0.39 is 29.9 Å². The standard InChI is InChI=1S/C15H16F3N3O3/c16-15(17,18)14-19-6-9(7-20-14)12(22)21-10-4-2-1-3-8(10)5-11(21)13(23)24/h6-8,10-11H,1-5H2,(H,23,24). The molecule has 1 amide bonds. The van der Waals surface area contributed by atoms with Gasteiger partial charge in [0.2, 0.25) is 5.82 Å². The number of aliphatic carboxylic acids is 1. The first kappa shape index (κ1) is 16.7. The fourth-order valence-corrected chi connectivity index (χ4v) is 3.71. The van der Waals surface area contributed by atoms with Gasteiger partial charge in [0, 0.05) is 18.4 Å². The van der Waals surface area contributed by atoms with Crippen LogP contribution in [0.1, 0.15) is 48.3 Å². The van der Waals surface area contributed by atoms with Gasteiger partial charge in [0.25, 0.3) is 5.91 Å². The highest BCUT2D eigenvalue weighted by molar-refractivity contribution is 5.96. The number of carbonyl (C=O) groups excluding carboxylic acids is 1. The molecule has 2 heterocycles. The van der Waals surface area contributed by atoms with Crippen LogP contribution in [-0.2, 0) is 11.0 Å². The number of carbonyl (C=O) groups is 2. The number of likely N-dealkylation sites (tertiary alicyclic amines) is 1. The summed E-state index contributed by atoms with van der Waals surface area (Å²) in [6, 6.07) is -1.14. The molecule has 0 spiro atoms. The summed E-state index contributed by atoms with van der Waals surface area (Å²) in [6.45, 7) is 0. The maximum atomic E-state index is 12.7. The molecule has 1 aromatic heterocycles. The van der Waals surface area contributed by atoms with Gasteiger partial charge in [0.15, 0.2) is 0 Å². The number of hydrogen-bond donors (Lipinski definition) is 1. The van der Waals surface area contributed by atoms with Gasteiger partial charge in [-0.1, -0.05) is 12.8 Å². The average Bonchev–Trinajstić information content (AvgIpc) is 2.93. The highest BCUT2D eigenvalue weighted by atomic mass is 19.4. The summed E-state index contributed by atoms with van der Waals surface area (Å²) in [5.74, 6) is -2.92. The molecule has 130 valence electrons. The molecule has 0 aromatic carbocycles. The minimum Gasteiger partial charge on any atom is -0.480 e. The van der Waals surface area contributed by atoms with Gasteiger partial charge in [0.1, 0.15) is 6.04 Å². The van der Waals surface area contributed by atoms with Crippen molar-refractivity contribution in [3.8, 4) is 0 Å². The van der Waals surface area contributed by atoms with Crippen LogP contribution >= 0.6 is 0 Å². The first-order valence-electron chi connectivity index (χ1n) is 7.73. The molecule has 0 radical (unpaired) electrons. The first-order chi connectivity index (χ1) is 11.3. The Hall–Kier alpha value is -2.19. The number of nitrogens with zero attached hydrogens (tertiary/aromatic N) is 3. The highest BCUT2D eigenvalue weighted by Crippen LogP contribution is 2.40. The molecule has 1 N–H and O–H groups in total. The van der Waals surface area contributed by atoms with Gasteiger partial charge in [-0.05, 0) is 25.2 Å². The molecule has 1 aliphatic carbocycles. The van der Waals surface area contributed by atoms with Crippen molar-refractivity contribution < 1.29 is 27.9 Å². The van der Waals surface area contributed by atoms with Crippen molar-refractivity contribution in [3.63, 3.8) is 0 Å². The number of halogens is 3. The zero-order valence-corrected chi connectivity index (χ0v) is 12.7. The molecule has 3 unspecified atom stereocenters. The third-order valence-electron chi connectivity index (χ3n) is 4.76. The molecule has 3 rings (SSSR count). The van der Waals surface area contributed by atoms with Gasteiger partial charge in [-0.2, -0.15) is 13.2 Å². The van der Waals surface area contributed by atoms with Gasteiger partial charge in [-0.25, -0.2) is 14.8 Å². The smallest absolute Gasteiger partial charge is 0.451 e. The Bertz CT molecular complexity index is 648. The summed E-state index contributed by atoms with van der Waals surface area (Å²) in [5.41, 5.74) is -0.125. The lowest BCUT2D eigenvalue weighted by Crippen LogP contribution is -2.46. The van der Waals surface area contributed by atoms with E-state index in [0.29, 0.717) is 12.8 Å². The van der Waals surface area contributed by atoms with Crippen molar-refractivity contribution in [2.45, 2.75) is 50.4 Å². The Balaban J connectivity index is 1.87. The fourth-order valence-electron chi connectivity index (χ4n) is 3.71. The maximum absolute atomic E-state index is 12.7. The molecule has 9 heteroatoms. The lowest BCUT2D eigenvalue weighted by atomic mass is 9.84. The van der Waals surface area contributed by atoms with Crippen molar-refractivity contribution >= 4 is 11.9 Å². The lowest BCUT2D eigenvalue weighted by molar-refractivity contribution is -0.145. The average molecular weight is 343 g/mol. The first-order valence-corrected chi connectivity index (χ1v) is 7.73. The molecule has 6 nitrogen and oxygen atoms in total. The summed E-state index contributed by atoms with van der Waals surface area (Å²) >= 11 is 0. The molecule has 0 bridgehead atoms. The number of carboxylic acid groups (broad SMARTS) is 1. The van der Waals surface area contributed by atoms with E-state index in [2.05, 4.69) is 9.97 Å². The molecular formula is C15H16F3N3O3. The number of alkyl halides is 3. The lowest BCUT2D eigenvalue weighted by Gasteiger charge is -2.32. The molecule has 1 aromatic rings. The van der Waals surface area contributed by atoms with Crippen LogP contribution in [0.25, 0.3) is 0 Å². The minimum absolute atomic E-state index is 0.124. The normalized spacial score (nSPS) is 27.0. The van der Waals surface area contributed by atoms with E-state index in [9.17, 15) is 27.9 Å². The molecule has 1 aliphatic heterocycles. The molecular weight excluding hydrogens is 327 g/mol. The van der Waals surface area contributed by atoms with Gasteiger partial charge >= 0.3 is 12.1 Å². The number of hydrogen-bond acceptors (Lipinski definition) is 4. The van der Waals surface area contributed by atoms with Gasteiger partial charge in [-0.15, -0.1) is 0 Å². The SMILES string of the molecule is O=C(O)C1CC2CCCCC2N1C(=O)c1cnc(C(F)(F)F)nc1. The van der Waals surface area contributed by atoms with Crippen molar-refractivity contribution in [1.82, 2.24) is 14.9 Å². The zero-order chi connectivity index (χ0) is 17.5. The second-order valence-electron chi connectivity index (χ2n) is 6.21. The van der Waals surface area contributed by atoms with Crippen LogP contribution in [0.3, 0.4) is 0 Å². The second kappa shape index (κ2) is 6.03. The van der Waals surface area contributed by atoms with Gasteiger partial charge in [0.05, 0.1) is 5.56 Å². The summed E-state index contributed by atoms with van der Waals surface area (Å²) in [5, 5.41) is 9.40. The third-order valence-corrected chi connectivity index (χ3v) is 4.76.